The number of carbonyl (C=O) groups excluding carboxylic acids is 1. The molecule has 0 saturated carbocycles. The molecule has 1 amide bonds. The number of aromatic nitrogens is 4. The third-order valence-corrected chi connectivity index (χ3v) is 5.54. The van der Waals surface area contributed by atoms with E-state index in [0.29, 0.717) is 16.6 Å². The Labute approximate surface area is 171 Å². The topological polar surface area (TPSA) is 96.5 Å². The Morgan fingerprint density at radius 2 is 1.93 bits per heavy atom. The van der Waals surface area contributed by atoms with Gasteiger partial charge in [0.25, 0.3) is 0 Å². The molecule has 0 spiro atoms. The normalized spacial score (nSPS) is 10.5. The van der Waals surface area contributed by atoms with Crippen molar-refractivity contribution in [2.75, 3.05) is 16.8 Å². The second-order valence-electron chi connectivity index (χ2n) is 6.00. The van der Waals surface area contributed by atoms with Crippen molar-refractivity contribution in [1.82, 2.24) is 20.2 Å². The summed E-state index contributed by atoms with van der Waals surface area (Å²) in [7, 11) is 0. The molecule has 7 nitrogen and oxygen atoms in total. The first-order valence-electron chi connectivity index (χ1n) is 8.45. The Balaban J connectivity index is 1.67. The van der Waals surface area contributed by atoms with Crippen LogP contribution in [0, 0.1) is 25.2 Å². The molecule has 0 aliphatic carbocycles. The van der Waals surface area contributed by atoms with Gasteiger partial charge in [0.15, 0.2) is 0 Å². The number of para-hydroxylation sites is 1. The fourth-order valence-corrected chi connectivity index (χ4v) is 3.99. The third kappa shape index (κ3) is 5.12. The molecule has 0 saturated heterocycles. The van der Waals surface area contributed by atoms with Crippen molar-refractivity contribution >= 4 is 35.1 Å². The molecule has 3 rings (SSSR count). The Kier molecular flexibility index (Phi) is 6.68. The summed E-state index contributed by atoms with van der Waals surface area (Å²) >= 11 is 2.66. The maximum atomic E-state index is 12.4. The smallest absolute Gasteiger partial charge is 0.234 e. The molecular formula is C19H18N6OS2. The van der Waals surface area contributed by atoms with Gasteiger partial charge in [0.1, 0.15) is 0 Å². The average Bonchev–Trinajstić information content (AvgIpc) is 3.13. The number of rotatable bonds is 7. The van der Waals surface area contributed by atoms with Crippen LogP contribution in [-0.4, -0.2) is 37.6 Å². The van der Waals surface area contributed by atoms with Gasteiger partial charge in [0, 0.05) is 4.90 Å². The minimum absolute atomic E-state index is 0.162. The number of nitriles is 1. The third-order valence-electron chi connectivity index (χ3n) is 3.68. The number of tetrazole rings is 1. The predicted octanol–water partition coefficient (Wildman–Crippen LogP) is 3.63. The van der Waals surface area contributed by atoms with Crippen LogP contribution >= 0.6 is 23.5 Å². The van der Waals surface area contributed by atoms with Crippen molar-refractivity contribution in [3.63, 3.8) is 0 Å². The Hall–Kier alpha value is -2.83. The number of nitrogens with zero attached hydrogens (tertiary/aromatic N) is 5. The van der Waals surface area contributed by atoms with Gasteiger partial charge in [-0.05, 0) is 59.7 Å². The standard InChI is InChI=1S/C19H18N6OS2/c1-13-9-14(2)11-15(10-13)25-19(22-23-24-25)28-12-18(26)21-16-5-3-4-6-17(16)27-8-7-20/h3-6,9-11H,8,12H2,1-2H3,(H,21,26). The van der Waals surface area contributed by atoms with Crippen molar-refractivity contribution in [1.29, 1.82) is 5.26 Å². The van der Waals surface area contributed by atoms with Crippen LogP contribution in [-0.2, 0) is 4.79 Å². The number of amides is 1. The van der Waals surface area contributed by atoms with E-state index in [0.717, 1.165) is 21.7 Å². The van der Waals surface area contributed by atoms with Gasteiger partial charge in [-0.1, -0.05) is 30.0 Å². The number of aryl methyl sites for hydroxylation is 2. The Morgan fingerprint density at radius 1 is 1.18 bits per heavy atom. The summed E-state index contributed by atoms with van der Waals surface area (Å²) in [4.78, 5) is 13.3. The summed E-state index contributed by atoms with van der Waals surface area (Å²) in [5, 5.41) is 24.0. The first-order chi connectivity index (χ1) is 13.6. The molecule has 9 heteroatoms. The van der Waals surface area contributed by atoms with Gasteiger partial charge in [-0.25, -0.2) is 0 Å². The molecule has 0 unspecified atom stereocenters. The molecule has 1 heterocycles. The van der Waals surface area contributed by atoms with E-state index < -0.39 is 0 Å². The second kappa shape index (κ2) is 9.39. The molecular weight excluding hydrogens is 392 g/mol. The van der Waals surface area contributed by atoms with E-state index in [-0.39, 0.29) is 11.7 Å². The maximum absolute atomic E-state index is 12.4. The van der Waals surface area contributed by atoms with Gasteiger partial charge in [0.2, 0.25) is 11.1 Å². The molecule has 0 bridgehead atoms. The van der Waals surface area contributed by atoms with E-state index in [2.05, 4.69) is 33.0 Å². The zero-order chi connectivity index (χ0) is 19.9. The number of anilines is 1. The van der Waals surface area contributed by atoms with Gasteiger partial charge in [0.05, 0.1) is 28.9 Å². The van der Waals surface area contributed by atoms with E-state index in [9.17, 15) is 4.79 Å². The molecule has 0 radical (unpaired) electrons. The van der Waals surface area contributed by atoms with Crippen molar-refractivity contribution in [2.45, 2.75) is 23.9 Å². The summed E-state index contributed by atoms with van der Waals surface area (Å²) in [6.07, 6.45) is 0. The molecule has 0 atom stereocenters. The molecule has 2 aromatic carbocycles. The number of carbonyl (C=O) groups is 1. The predicted molar refractivity (Wildman–Crippen MR) is 111 cm³/mol. The Morgan fingerprint density at radius 3 is 2.68 bits per heavy atom. The summed E-state index contributed by atoms with van der Waals surface area (Å²) in [5.74, 6) is 0.333. The van der Waals surface area contributed by atoms with Gasteiger partial charge in [-0.2, -0.15) is 9.94 Å². The quantitative estimate of drug-likeness (QED) is 0.594. The van der Waals surface area contributed by atoms with Crippen LogP contribution in [0.3, 0.4) is 0 Å². The molecule has 1 N–H and O–H groups in total. The highest BCUT2D eigenvalue weighted by Crippen LogP contribution is 2.27. The lowest BCUT2D eigenvalue weighted by Crippen LogP contribution is -2.15. The van der Waals surface area contributed by atoms with Crippen molar-refractivity contribution in [3.05, 3.63) is 53.6 Å². The lowest BCUT2D eigenvalue weighted by Gasteiger charge is -2.10. The van der Waals surface area contributed by atoms with Gasteiger partial charge in [-0.3, -0.25) is 4.79 Å². The van der Waals surface area contributed by atoms with Gasteiger partial charge in [-0.15, -0.1) is 16.9 Å². The van der Waals surface area contributed by atoms with Gasteiger partial charge < -0.3 is 5.32 Å². The van der Waals surface area contributed by atoms with Crippen molar-refractivity contribution < 1.29 is 4.79 Å². The second-order valence-corrected chi connectivity index (χ2v) is 7.96. The summed E-state index contributed by atoms with van der Waals surface area (Å²) in [5.41, 5.74) is 3.79. The van der Waals surface area contributed by atoms with E-state index >= 15 is 0 Å². The molecule has 3 aromatic rings. The van der Waals surface area contributed by atoms with Crippen LogP contribution in [0.2, 0.25) is 0 Å². The summed E-state index contributed by atoms with van der Waals surface area (Å²) in [6, 6.07) is 15.6. The summed E-state index contributed by atoms with van der Waals surface area (Å²) in [6.45, 7) is 4.03. The molecule has 0 aliphatic rings. The number of benzene rings is 2. The molecule has 28 heavy (non-hydrogen) atoms. The van der Waals surface area contributed by atoms with Crippen LogP contribution in [0.4, 0.5) is 5.69 Å². The van der Waals surface area contributed by atoms with Crippen LogP contribution in [0.1, 0.15) is 11.1 Å². The van der Waals surface area contributed by atoms with Crippen LogP contribution in [0.5, 0.6) is 0 Å². The fourth-order valence-electron chi connectivity index (χ4n) is 2.63. The van der Waals surface area contributed by atoms with Crippen LogP contribution < -0.4 is 5.32 Å². The molecule has 0 aliphatic heterocycles. The van der Waals surface area contributed by atoms with Crippen molar-refractivity contribution in [3.8, 4) is 11.8 Å². The van der Waals surface area contributed by atoms with E-state index in [1.54, 1.807) is 4.68 Å². The Bertz CT molecular complexity index is 1010. The maximum Gasteiger partial charge on any atom is 0.234 e. The van der Waals surface area contributed by atoms with E-state index in [1.165, 1.54) is 23.5 Å². The lowest BCUT2D eigenvalue weighted by atomic mass is 10.1. The van der Waals surface area contributed by atoms with Gasteiger partial charge >= 0.3 is 0 Å². The number of thioether (sulfide) groups is 2. The van der Waals surface area contributed by atoms with E-state index in [4.69, 9.17) is 5.26 Å². The number of hydrogen-bond acceptors (Lipinski definition) is 7. The highest BCUT2D eigenvalue weighted by atomic mass is 32.2. The highest BCUT2D eigenvalue weighted by molar-refractivity contribution is 8.00. The van der Waals surface area contributed by atoms with Crippen LogP contribution in [0.25, 0.3) is 5.69 Å². The minimum Gasteiger partial charge on any atom is -0.324 e. The largest absolute Gasteiger partial charge is 0.324 e. The zero-order valence-corrected chi connectivity index (χ0v) is 17.0. The summed E-state index contributed by atoms with van der Waals surface area (Å²) < 4.78 is 1.63. The SMILES string of the molecule is Cc1cc(C)cc(-n2nnnc2SCC(=O)Nc2ccccc2SCC#N)c1. The van der Waals surface area contributed by atoms with Crippen LogP contribution in [0.15, 0.2) is 52.5 Å². The zero-order valence-electron chi connectivity index (χ0n) is 15.4. The fraction of sp³-hybridized carbons (Fsp3) is 0.211. The number of hydrogen-bond donors (Lipinski definition) is 1. The lowest BCUT2D eigenvalue weighted by molar-refractivity contribution is -0.113. The average molecular weight is 411 g/mol. The molecule has 0 fully saturated rings. The molecule has 142 valence electrons. The first kappa shape index (κ1) is 19.9. The van der Waals surface area contributed by atoms with E-state index in [1.807, 2.05) is 50.2 Å². The van der Waals surface area contributed by atoms with Crippen molar-refractivity contribution in [2.24, 2.45) is 0 Å². The number of nitrogens with one attached hydrogen (secondary N) is 1. The minimum atomic E-state index is -0.162. The molecule has 1 aromatic heterocycles. The first-order valence-corrected chi connectivity index (χ1v) is 10.4. The highest BCUT2D eigenvalue weighted by Gasteiger charge is 2.13. The monoisotopic (exact) mass is 410 g/mol.